The average molecular weight is 479 g/mol. The second-order valence-electron chi connectivity index (χ2n) is 8.54. The minimum Gasteiger partial charge on any atom is -0.351 e. The number of amides is 2. The molecule has 2 aromatic rings. The summed E-state index contributed by atoms with van der Waals surface area (Å²) in [5, 5.41) is 5.43. The maximum atomic E-state index is 13.3. The summed E-state index contributed by atoms with van der Waals surface area (Å²) in [5.74, 6) is -1.96. The Morgan fingerprint density at radius 3 is 2.65 bits per heavy atom. The van der Waals surface area contributed by atoms with E-state index in [1.165, 1.54) is 0 Å². The van der Waals surface area contributed by atoms with Crippen LogP contribution in [0.15, 0.2) is 42.7 Å². The Hall–Kier alpha value is -3.05. The van der Waals surface area contributed by atoms with Gasteiger partial charge in [0.25, 0.3) is 5.91 Å². The first-order valence-corrected chi connectivity index (χ1v) is 11.0. The van der Waals surface area contributed by atoms with Gasteiger partial charge in [0.2, 0.25) is 5.91 Å². The third-order valence-electron chi connectivity index (χ3n) is 6.48. The highest BCUT2D eigenvalue weighted by Crippen LogP contribution is 2.34. The Bertz CT molecular complexity index is 1040. The van der Waals surface area contributed by atoms with Crippen LogP contribution in [-0.2, 0) is 17.5 Å². The number of hydrogen-bond donors (Lipinski definition) is 2. The molecule has 11 heteroatoms. The summed E-state index contributed by atoms with van der Waals surface area (Å²) in [6.07, 6.45) is -0.157. The van der Waals surface area contributed by atoms with Crippen LogP contribution in [0.3, 0.4) is 0 Å². The maximum absolute atomic E-state index is 13.3. The Labute approximate surface area is 194 Å². The summed E-state index contributed by atoms with van der Waals surface area (Å²) in [5.41, 5.74) is -1.50. The largest absolute Gasteiger partial charge is 0.417 e. The van der Waals surface area contributed by atoms with Gasteiger partial charge in [-0.3, -0.25) is 19.5 Å². The van der Waals surface area contributed by atoms with E-state index in [1.807, 2.05) is 12.1 Å². The number of aromatic nitrogens is 1. The van der Waals surface area contributed by atoms with Gasteiger partial charge >= 0.3 is 6.18 Å². The van der Waals surface area contributed by atoms with Crippen molar-refractivity contribution in [1.29, 1.82) is 0 Å². The number of hydrogen-bond acceptors (Lipinski definition) is 5. The molecule has 3 heterocycles. The van der Waals surface area contributed by atoms with E-state index in [0.717, 1.165) is 17.7 Å². The molecule has 2 amide bonds. The number of carbonyl (C=O) groups is 2. The fraction of sp³-hybridized carbons (Fsp3) is 0.435. The predicted octanol–water partition coefficient (Wildman–Crippen LogP) is 2.39. The zero-order chi connectivity index (χ0) is 24.3. The van der Waals surface area contributed by atoms with Gasteiger partial charge in [-0.15, -0.1) is 0 Å². The second-order valence-corrected chi connectivity index (χ2v) is 8.54. The summed E-state index contributed by atoms with van der Waals surface area (Å²) in [4.78, 5) is 33.3. The first-order chi connectivity index (χ1) is 16.2. The molecule has 2 N–H and O–H groups in total. The number of rotatable bonds is 6. The molecule has 1 spiro atoms. The van der Waals surface area contributed by atoms with Crippen LogP contribution in [-0.4, -0.2) is 65.0 Å². The molecule has 0 aliphatic carbocycles. The minimum atomic E-state index is -4.83. The molecular weight excluding hydrogens is 454 g/mol. The van der Waals surface area contributed by atoms with Gasteiger partial charge in [0.05, 0.1) is 17.8 Å². The zero-order valence-corrected chi connectivity index (χ0v) is 18.4. The van der Waals surface area contributed by atoms with Crippen LogP contribution in [0.5, 0.6) is 0 Å². The molecule has 0 bridgehead atoms. The zero-order valence-electron chi connectivity index (χ0n) is 18.4. The number of nitrogens with zero attached hydrogens (tertiary/aromatic N) is 3. The van der Waals surface area contributed by atoms with Crippen molar-refractivity contribution < 1.29 is 27.2 Å². The fourth-order valence-corrected chi connectivity index (χ4v) is 4.61. The van der Waals surface area contributed by atoms with Crippen LogP contribution in [0, 0.1) is 5.82 Å². The van der Waals surface area contributed by atoms with Crippen molar-refractivity contribution in [3.8, 4) is 0 Å². The third-order valence-corrected chi connectivity index (χ3v) is 6.48. The molecule has 7 nitrogen and oxygen atoms in total. The maximum Gasteiger partial charge on any atom is 0.417 e. The molecule has 0 unspecified atom stereocenters. The van der Waals surface area contributed by atoms with Gasteiger partial charge in [-0.05, 0) is 42.7 Å². The number of pyridine rings is 1. The van der Waals surface area contributed by atoms with Crippen molar-refractivity contribution in [2.24, 2.45) is 0 Å². The Morgan fingerprint density at radius 2 is 1.97 bits per heavy atom. The van der Waals surface area contributed by atoms with Gasteiger partial charge in [-0.25, -0.2) is 4.39 Å². The van der Waals surface area contributed by atoms with Crippen molar-refractivity contribution >= 4 is 11.8 Å². The first-order valence-electron chi connectivity index (χ1n) is 11.0. The average Bonchev–Trinajstić information content (AvgIpc) is 3.10. The van der Waals surface area contributed by atoms with Crippen LogP contribution in [0.25, 0.3) is 0 Å². The predicted molar refractivity (Wildman–Crippen MR) is 115 cm³/mol. The summed E-state index contributed by atoms with van der Waals surface area (Å²) in [6, 6.07) is 5.81. The Balaban J connectivity index is 1.31. The highest BCUT2D eigenvalue weighted by Gasteiger charge is 2.49. The van der Waals surface area contributed by atoms with Crippen LogP contribution >= 0.6 is 0 Å². The summed E-state index contributed by atoms with van der Waals surface area (Å²) < 4.78 is 52.7. The molecule has 1 aromatic heterocycles. The molecule has 1 aromatic carbocycles. The van der Waals surface area contributed by atoms with E-state index in [1.54, 1.807) is 12.4 Å². The standard InChI is InChI=1S/C23H25F4N5O2/c24-17-3-4-18(19(12-17)23(25,26)27)20(33)29-8-11-31-9-5-22(6-10-31)21(34)30-15-32(22)14-16-2-1-7-28-13-16/h1-4,7,12-13H,5-6,8-11,14-15H2,(H,29,33)(H,30,34). The molecular formula is C23H25F4N5O2. The monoisotopic (exact) mass is 479 g/mol. The van der Waals surface area contributed by atoms with E-state index in [4.69, 9.17) is 0 Å². The van der Waals surface area contributed by atoms with E-state index < -0.39 is 34.6 Å². The van der Waals surface area contributed by atoms with Gasteiger partial charge in [-0.2, -0.15) is 13.2 Å². The summed E-state index contributed by atoms with van der Waals surface area (Å²) in [6.45, 7) is 2.83. The van der Waals surface area contributed by atoms with E-state index in [-0.39, 0.29) is 12.5 Å². The molecule has 4 rings (SSSR count). The molecule has 2 fully saturated rings. The number of piperidine rings is 1. The lowest BCUT2D eigenvalue weighted by Crippen LogP contribution is -2.56. The van der Waals surface area contributed by atoms with E-state index in [9.17, 15) is 27.2 Å². The number of benzene rings is 1. The van der Waals surface area contributed by atoms with Crippen molar-refractivity contribution in [2.75, 3.05) is 32.8 Å². The SMILES string of the molecule is O=C(NCCN1CCC2(CC1)C(=O)NCN2Cc1cccnc1)c1ccc(F)cc1C(F)(F)F. The van der Waals surface area contributed by atoms with E-state index >= 15 is 0 Å². The number of carbonyl (C=O) groups excluding carboxylic acids is 2. The van der Waals surface area contributed by atoms with E-state index in [2.05, 4.69) is 25.4 Å². The van der Waals surface area contributed by atoms with Gasteiger partial charge in [0.15, 0.2) is 0 Å². The van der Waals surface area contributed by atoms with Gasteiger partial charge in [0, 0.05) is 45.1 Å². The van der Waals surface area contributed by atoms with Crippen molar-refractivity contribution in [2.45, 2.75) is 31.1 Å². The molecule has 2 aliphatic rings. The third kappa shape index (κ3) is 5.05. The molecule has 0 atom stereocenters. The van der Waals surface area contributed by atoms with Gasteiger partial charge < -0.3 is 15.5 Å². The normalized spacial score (nSPS) is 18.8. The first kappa shape index (κ1) is 24.1. The highest BCUT2D eigenvalue weighted by atomic mass is 19.4. The van der Waals surface area contributed by atoms with Crippen LogP contribution in [0.4, 0.5) is 17.6 Å². The Morgan fingerprint density at radius 1 is 1.21 bits per heavy atom. The summed E-state index contributed by atoms with van der Waals surface area (Å²) >= 11 is 0. The number of likely N-dealkylation sites (tertiary alicyclic amines) is 1. The lowest BCUT2D eigenvalue weighted by atomic mass is 9.86. The lowest BCUT2D eigenvalue weighted by Gasteiger charge is -2.42. The number of alkyl halides is 3. The molecule has 2 aliphatic heterocycles. The molecule has 182 valence electrons. The molecule has 0 saturated carbocycles. The molecule has 0 radical (unpaired) electrons. The minimum absolute atomic E-state index is 0.000308. The van der Waals surface area contributed by atoms with Crippen LogP contribution in [0.1, 0.15) is 34.3 Å². The fourth-order valence-electron chi connectivity index (χ4n) is 4.61. The van der Waals surface area contributed by atoms with Crippen LogP contribution in [0.2, 0.25) is 0 Å². The number of nitrogens with one attached hydrogen (secondary N) is 2. The van der Waals surface area contributed by atoms with E-state index in [0.29, 0.717) is 51.8 Å². The smallest absolute Gasteiger partial charge is 0.351 e. The van der Waals surface area contributed by atoms with Crippen molar-refractivity contribution in [3.05, 3.63) is 65.2 Å². The molecule has 2 saturated heterocycles. The van der Waals surface area contributed by atoms with Gasteiger partial charge in [0.1, 0.15) is 11.4 Å². The van der Waals surface area contributed by atoms with Crippen LogP contribution < -0.4 is 10.6 Å². The summed E-state index contributed by atoms with van der Waals surface area (Å²) in [7, 11) is 0. The van der Waals surface area contributed by atoms with Gasteiger partial charge in [-0.1, -0.05) is 6.07 Å². The highest BCUT2D eigenvalue weighted by molar-refractivity contribution is 5.95. The van der Waals surface area contributed by atoms with Crippen molar-refractivity contribution in [1.82, 2.24) is 25.4 Å². The lowest BCUT2D eigenvalue weighted by molar-refractivity contribution is -0.138. The number of halogens is 4. The second kappa shape index (κ2) is 9.67. The Kier molecular flexibility index (Phi) is 6.85. The topological polar surface area (TPSA) is 77.6 Å². The quantitative estimate of drug-likeness (QED) is 0.623. The van der Waals surface area contributed by atoms with Crippen molar-refractivity contribution in [3.63, 3.8) is 0 Å². The molecule has 34 heavy (non-hydrogen) atoms.